The summed E-state index contributed by atoms with van der Waals surface area (Å²) in [6, 6.07) is 8.37. The van der Waals surface area contributed by atoms with E-state index in [1.54, 1.807) is 0 Å². The van der Waals surface area contributed by atoms with Gasteiger partial charge in [0, 0.05) is 4.83 Å². The van der Waals surface area contributed by atoms with Crippen LogP contribution in [0.15, 0.2) is 24.3 Å². The Morgan fingerprint density at radius 3 is 2.60 bits per heavy atom. The highest BCUT2D eigenvalue weighted by molar-refractivity contribution is 9.09. The van der Waals surface area contributed by atoms with Gasteiger partial charge in [-0.3, -0.25) is 0 Å². The fraction of sp³-hybridized carbons (Fsp3) is 0.538. The second-order valence-corrected chi connectivity index (χ2v) is 5.70. The van der Waals surface area contributed by atoms with Gasteiger partial charge in [0.15, 0.2) is 0 Å². The van der Waals surface area contributed by atoms with E-state index in [1.807, 2.05) is 19.9 Å². The van der Waals surface area contributed by atoms with E-state index < -0.39 is 0 Å². The molecule has 1 aromatic rings. The average Bonchev–Trinajstić information content (AvgIpc) is 2.14. The van der Waals surface area contributed by atoms with Gasteiger partial charge < -0.3 is 4.74 Å². The molecule has 1 nitrogen and oxygen atoms in total. The minimum atomic E-state index is 0.246. The number of rotatable bonds is 5. The second kappa shape index (κ2) is 6.16. The summed E-state index contributed by atoms with van der Waals surface area (Å²) < 4.78 is 5.65. The maximum atomic E-state index is 5.65. The molecule has 15 heavy (non-hydrogen) atoms. The first-order valence-electron chi connectivity index (χ1n) is 5.47. The molecule has 0 N–H and O–H groups in total. The van der Waals surface area contributed by atoms with Gasteiger partial charge in [0.05, 0.1) is 6.10 Å². The molecule has 0 spiro atoms. The van der Waals surface area contributed by atoms with Gasteiger partial charge in [0.25, 0.3) is 0 Å². The lowest BCUT2D eigenvalue weighted by Crippen LogP contribution is -2.05. The van der Waals surface area contributed by atoms with Crippen LogP contribution in [0.25, 0.3) is 0 Å². The van der Waals surface area contributed by atoms with E-state index in [1.165, 1.54) is 5.56 Å². The molecule has 0 saturated heterocycles. The summed E-state index contributed by atoms with van der Waals surface area (Å²) in [6.07, 6.45) is 2.50. The van der Waals surface area contributed by atoms with E-state index in [0.717, 1.165) is 18.6 Å². The van der Waals surface area contributed by atoms with Crippen LogP contribution >= 0.6 is 15.9 Å². The first-order valence-corrected chi connectivity index (χ1v) is 6.39. The quantitative estimate of drug-likeness (QED) is 0.730. The van der Waals surface area contributed by atoms with Crippen LogP contribution < -0.4 is 4.74 Å². The van der Waals surface area contributed by atoms with Crippen LogP contribution in [-0.4, -0.2) is 10.9 Å². The van der Waals surface area contributed by atoms with E-state index >= 15 is 0 Å². The van der Waals surface area contributed by atoms with E-state index in [0.29, 0.717) is 4.83 Å². The number of ether oxygens (including phenoxy) is 1. The molecule has 2 heteroatoms. The summed E-state index contributed by atoms with van der Waals surface area (Å²) in [5.41, 5.74) is 1.35. The van der Waals surface area contributed by atoms with Crippen molar-refractivity contribution in [2.24, 2.45) is 0 Å². The minimum absolute atomic E-state index is 0.246. The van der Waals surface area contributed by atoms with Crippen molar-refractivity contribution >= 4 is 15.9 Å². The van der Waals surface area contributed by atoms with Crippen LogP contribution in [0.2, 0.25) is 0 Å². The zero-order valence-corrected chi connectivity index (χ0v) is 11.3. The van der Waals surface area contributed by atoms with Gasteiger partial charge in [-0.25, -0.2) is 0 Å². The monoisotopic (exact) mass is 270 g/mol. The summed E-state index contributed by atoms with van der Waals surface area (Å²) in [5.74, 6) is 0.977. The highest BCUT2D eigenvalue weighted by Crippen LogP contribution is 2.17. The Bertz CT molecular complexity index is 294. The fourth-order valence-electron chi connectivity index (χ4n) is 1.41. The summed E-state index contributed by atoms with van der Waals surface area (Å²) in [4.78, 5) is 0.576. The molecule has 1 atom stereocenters. The Balaban J connectivity index is 2.57. The first kappa shape index (κ1) is 12.6. The Labute approximate surface area is 101 Å². The molecule has 1 unspecified atom stereocenters. The predicted octanol–water partition coefficient (Wildman–Crippen LogP) is 4.19. The Kier molecular flexibility index (Phi) is 5.16. The highest BCUT2D eigenvalue weighted by atomic mass is 79.9. The van der Waals surface area contributed by atoms with Crippen molar-refractivity contribution < 1.29 is 4.74 Å². The Morgan fingerprint density at radius 1 is 1.27 bits per heavy atom. The van der Waals surface area contributed by atoms with Gasteiger partial charge in [0.2, 0.25) is 0 Å². The van der Waals surface area contributed by atoms with Crippen LogP contribution in [-0.2, 0) is 6.42 Å². The third-order valence-electron chi connectivity index (χ3n) is 2.10. The van der Waals surface area contributed by atoms with Crippen molar-refractivity contribution in [3.05, 3.63) is 29.8 Å². The zero-order valence-electron chi connectivity index (χ0n) is 9.66. The molecule has 0 fully saturated rings. The van der Waals surface area contributed by atoms with E-state index in [-0.39, 0.29) is 6.10 Å². The molecule has 0 amide bonds. The molecule has 1 rings (SSSR count). The van der Waals surface area contributed by atoms with Gasteiger partial charge in [-0.15, -0.1) is 0 Å². The average molecular weight is 271 g/mol. The number of benzene rings is 1. The number of hydrogen-bond donors (Lipinski definition) is 0. The van der Waals surface area contributed by atoms with Crippen LogP contribution in [0.1, 0.15) is 32.8 Å². The summed E-state index contributed by atoms with van der Waals surface area (Å²) in [5, 5.41) is 0. The van der Waals surface area contributed by atoms with E-state index in [2.05, 4.69) is 41.1 Å². The lowest BCUT2D eigenvalue weighted by atomic mass is 10.1. The molecule has 0 heterocycles. The van der Waals surface area contributed by atoms with Crippen LogP contribution in [0.5, 0.6) is 5.75 Å². The molecule has 0 bridgehead atoms. The van der Waals surface area contributed by atoms with Gasteiger partial charge in [-0.05, 0) is 44.4 Å². The molecular weight excluding hydrogens is 252 g/mol. The van der Waals surface area contributed by atoms with Gasteiger partial charge >= 0.3 is 0 Å². The third-order valence-corrected chi connectivity index (χ3v) is 2.56. The van der Waals surface area contributed by atoms with Crippen molar-refractivity contribution in [1.29, 1.82) is 0 Å². The van der Waals surface area contributed by atoms with Crippen molar-refractivity contribution in [1.82, 2.24) is 0 Å². The Morgan fingerprint density at radius 2 is 2.00 bits per heavy atom. The lowest BCUT2D eigenvalue weighted by molar-refractivity contribution is 0.242. The summed E-state index contributed by atoms with van der Waals surface area (Å²) in [7, 11) is 0. The largest absolute Gasteiger partial charge is 0.491 e. The molecule has 0 aliphatic carbocycles. The molecule has 0 radical (unpaired) electrons. The van der Waals surface area contributed by atoms with Crippen molar-refractivity contribution in [3.63, 3.8) is 0 Å². The third kappa shape index (κ3) is 5.22. The molecular formula is C13H19BrO. The van der Waals surface area contributed by atoms with Gasteiger partial charge in [-0.1, -0.05) is 35.0 Å². The standard InChI is InChI=1S/C13H19BrO/c1-10(2)15-13-6-4-5-12(9-13)8-7-11(3)14/h4-6,9-11H,7-8H2,1-3H3. The summed E-state index contributed by atoms with van der Waals surface area (Å²) in [6.45, 7) is 6.27. The normalized spacial score (nSPS) is 12.9. The van der Waals surface area contributed by atoms with E-state index in [9.17, 15) is 0 Å². The number of hydrogen-bond acceptors (Lipinski definition) is 1. The molecule has 1 aromatic carbocycles. The number of halogens is 1. The molecule has 0 saturated carbocycles. The van der Waals surface area contributed by atoms with Crippen LogP contribution in [0.3, 0.4) is 0 Å². The first-order chi connectivity index (χ1) is 7.08. The van der Waals surface area contributed by atoms with E-state index in [4.69, 9.17) is 4.74 Å². The predicted molar refractivity (Wildman–Crippen MR) is 68.9 cm³/mol. The highest BCUT2D eigenvalue weighted by Gasteiger charge is 2.01. The number of alkyl halides is 1. The summed E-state index contributed by atoms with van der Waals surface area (Å²) >= 11 is 3.56. The van der Waals surface area contributed by atoms with Crippen LogP contribution in [0.4, 0.5) is 0 Å². The zero-order chi connectivity index (χ0) is 11.3. The smallest absolute Gasteiger partial charge is 0.119 e. The maximum absolute atomic E-state index is 5.65. The minimum Gasteiger partial charge on any atom is -0.491 e. The maximum Gasteiger partial charge on any atom is 0.119 e. The molecule has 0 aromatic heterocycles. The van der Waals surface area contributed by atoms with Crippen molar-refractivity contribution in [2.45, 2.75) is 44.5 Å². The fourth-order valence-corrected chi connectivity index (χ4v) is 1.64. The SMILES string of the molecule is CC(Br)CCc1cccc(OC(C)C)c1. The van der Waals surface area contributed by atoms with Crippen molar-refractivity contribution in [3.8, 4) is 5.75 Å². The van der Waals surface area contributed by atoms with Crippen LogP contribution in [0, 0.1) is 0 Å². The number of aryl methyl sites for hydroxylation is 1. The van der Waals surface area contributed by atoms with Gasteiger partial charge in [-0.2, -0.15) is 0 Å². The lowest BCUT2D eigenvalue weighted by Gasteiger charge is -2.11. The topological polar surface area (TPSA) is 9.23 Å². The molecule has 84 valence electrons. The molecule has 0 aliphatic rings. The van der Waals surface area contributed by atoms with Gasteiger partial charge in [0.1, 0.15) is 5.75 Å². The molecule has 0 aliphatic heterocycles. The Hall–Kier alpha value is -0.500. The second-order valence-electron chi connectivity index (χ2n) is 4.13. The van der Waals surface area contributed by atoms with Crippen molar-refractivity contribution in [2.75, 3.05) is 0 Å².